The maximum Gasteiger partial charge on any atom is 0.253 e. The topological polar surface area (TPSA) is 36.8 Å². The van der Waals surface area contributed by atoms with Crippen LogP contribution in [0.25, 0.3) is 5.52 Å². The van der Waals surface area contributed by atoms with Crippen LogP contribution in [0.3, 0.4) is 0 Å². The molecule has 2 saturated heterocycles. The van der Waals surface area contributed by atoms with E-state index < -0.39 is 0 Å². The summed E-state index contributed by atoms with van der Waals surface area (Å²) in [7, 11) is 0. The van der Waals surface area contributed by atoms with Crippen LogP contribution in [0.15, 0.2) is 30.5 Å². The van der Waals surface area contributed by atoms with Gasteiger partial charge in [0.15, 0.2) is 0 Å². The lowest BCUT2D eigenvalue weighted by Crippen LogP contribution is -2.35. The van der Waals surface area contributed by atoms with Gasteiger partial charge < -0.3 is 14.6 Å². The van der Waals surface area contributed by atoms with Crippen molar-refractivity contribution in [3.8, 4) is 0 Å². The Balaban J connectivity index is 1.49. The molecule has 122 valence electrons. The summed E-state index contributed by atoms with van der Waals surface area (Å²) in [5.74, 6) is 0.700. The molecule has 2 aliphatic rings. The van der Waals surface area contributed by atoms with Crippen LogP contribution in [0.4, 0.5) is 0 Å². The van der Waals surface area contributed by atoms with E-state index in [-0.39, 0.29) is 5.91 Å². The number of carbonyl (C=O) groups excluding carboxylic acids is 1. The summed E-state index contributed by atoms with van der Waals surface area (Å²) in [6, 6.07) is 8.79. The van der Waals surface area contributed by atoms with Crippen LogP contribution in [0.1, 0.15) is 42.2 Å². The fourth-order valence-electron chi connectivity index (χ4n) is 4.42. The smallest absolute Gasteiger partial charge is 0.253 e. The van der Waals surface area contributed by atoms with Gasteiger partial charge in [0.25, 0.3) is 5.91 Å². The van der Waals surface area contributed by atoms with Crippen LogP contribution in [0.2, 0.25) is 0 Å². The fourth-order valence-corrected chi connectivity index (χ4v) is 4.42. The van der Waals surface area contributed by atoms with Crippen molar-refractivity contribution in [1.82, 2.24) is 14.6 Å². The quantitative estimate of drug-likeness (QED) is 0.942. The number of amides is 1. The van der Waals surface area contributed by atoms with Crippen LogP contribution >= 0.6 is 0 Å². The number of nitrogens with zero attached hydrogens (tertiary/aromatic N) is 2. The lowest BCUT2D eigenvalue weighted by Gasteiger charge is -2.20. The molecule has 2 aliphatic heterocycles. The van der Waals surface area contributed by atoms with Gasteiger partial charge >= 0.3 is 0 Å². The summed E-state index contributed by atoms with van der Waals surface area (Å²) >= 11 is 0. The van der Waals surface area contributed by atoms with E-state index in [0.717, 1.165) is 24.0 Å². The average Bonchev–Trinajstić information content (AvgIpc) is 3.27. The van der Waals surface area contributed by atoms with E-state index >= 15 is 0 Å². The fraction of sp³-hybridized carbons (Fsp3) is 0.526. The lowest BCUT2D eigenvalue weighted by atomic mass is 9.98. The van der Waals surface area contributed by atoms with Crippen LogP contribution in [-0.4, -0.2) is 40.9 Å². The standard InChI is InChI=1S/C19H25N3O/c1-2-15-12-16(18-6-3-4-10-22(15)18)19(23)20-13-14-8-11-21-9-5-7-17(14)21/h3-4,6,10,12,14,17H,2,5,7-9,11,13H2,1H3,(H,20,23)/t14-,17-/m0/s1. The Morgan fingerprint density at radius 2 is 2.22 bits per heavy atom. The molecule has 0 saturated carbocycles. The summed E-state index contributed by atoms with van der Waals surface area (Å²) in [5, 5.41) is 3.20. The van der Waals surface area contributed by atoms with Crippen LogP contribution in [-0.2, 0) is 6.42 Å². The van der Waals surface area contributed by atoms with E-state index in [9.17, 15) is 4.79 Å². The maximum atomic E-state index is 12.7. The third-order valence-electron chi connectivity index (χ3n) is 5.63. The van der Waals surface area contributed by atoms with Gasteiger partial charge in [-0.05, 0) is 62.9 Å². The molecule has 4 heteroatoms. The molecule has 0 radical (unpaired) electrons. The van der Waals surface area contributed by atoms with Gasteiger partial charge in [0.1, 0.15) is 0 Å². The Morgan fingerprint density at radius 1 is 1.30 bits per heavy atom. The zero-order valence-electron chi connectivity index (χ0n) is 13.8. The molecule has 0 aliphatic carbocycles. The molecule has 4 nitrogen and oxygen atoms in total. The summed E-state index contributed by atoms with van der Waals surface area (Å²) in [5.41, 5.74) is 3.01. The number of aromatic nitrogens is 1. The highest BCUT2D eigenvalue weighted by molar-refractivity contribution is 6.01. The van der Waals surface area contributed by atoms with Crippen molar-refractivity contribution in [2.45, 2.75) is 38.6 Å². The van der Waals surface area contributed by atoms with Gasteiger partial charge in [-0.25, -0.2) is 0 Å². The van der Waals surface area contributed by atoms with Crippen LogP contribution < -0.4 is 5.32 Å². The molecule has 2 atom stereocenters. The average molecular weight is 311 g/mol. The second-order valence-electron chi connectivity index (χ2n) is 6.86. The molecular formula is C19H25N3O. The third-order valence-corrected chi connectivity index (χ3v) is 5.63. The molecule has 1 amide bonds. The van der Waals surface area contributed by atoms with Gasteiger partial charge in [-0.3, -0.25) is 4.79 Å². The first-order valence-electron chi connectivity index (χ1n) is 8.89. The van der Waals surface area contributed by atoms with E-state index in [0.29, 0.717) is 12.0 Å². The molecule has 23 heavy (non-hydrogen) atoms. The van der Waals surface area contributed by atoms with Crippen molar-refractivity contribution in [3.63, 3.8) is 0 Å². The Bertz CT molecular complexity index is 720. The lowest BCUT2D eigenvalue weighted by molar-refractivity contribution is 0.0946. The predicted octanol–water partition coefficient (Wildman–Crippen LogP) is 2.72. The zero-order chi connectivity index (χ0) is 15.8. The third kappa shape index (κ3) is 2.55. The summed E-state index contributed by atoms with van der Waals surface area (Å²) in [6.45, 7) is 5.40. The maximum absolute atomic E-state index is 12.7. The van der Waals surface area contributed by atoms with Crippen molar-refractivity contribution in [3.05, 3.63) is 41.7 Å². The van der Waals surface area contributed by atoms with Gasteiger partial charge in [0, 0.05) is 24.5 Å². The van der Waals surface area contributed by atoms with E-state index in [4.69, 9.17) is 0 Å². The molecule has 0 aromatic carbocycles. The van der Waals surface area contributed by atoms with Gasteiger partial charge in [-0.2, -0.15) is 0 Å². The van der Waals surface area contributed by atoms with Crippen molar-refractivity contribution in [1.29, 1.82) is 0 Å². The van der Waals surface area contributed by atoms with Crippen molar-refractivity contribution < 1.29 is 4.79 Å². The predicted molar refractivity (Wildman–Crippen MR) is 91.8 cm³/mol. The molecule has 0 spiro atoms. The number of rotatable bonds is 4. The Hall–Kier alpha value is -1.81. The highest BCUT2D eigenvalue weighted by atomic mass is 16.1. The summed E-state index contributed by atoms with van der Waals surface area (Å²) in [4.78, 5) is 15.3. The second kappa shape index (κ2) is 6.00. The monoisotopic (exact) mass is 311 g/mol. The minimum atomic E-state index is 0.0739. The first-order chi connectivity index (χ1) is 11.3. The van der Waals surface area contributed by atoms with E-state index in [1.54, 1.807) is 0 Å². The van der Waals surface area contributed by atoms with Crippen molar-refractivity contribution >= 4 is 11.4 Å². The molecule has 4 heterocycles. The number of hydrogen-bond donors (Lipinski definition) is 1. The molecule has 2 aromatic rings. The summed E-state index contributed by atoms with van der Waals surface area (Å²) in [6.07, 6.45) is 6.81. The first-order valence-corrected chi connectivity index (χ1v) is 8.89. The minimum Gasteiger partial charge on any atom is -0.352 e. The van der Waals surface area contributed by atoms with Crippen molar-refractivity contribution in [2.24, 2.45) is 5.92 Å². The van der Waals surface area contributed by atoms with Gasteiger partial charge in [-0.15, -0.1) is 0 Å². The summed E-state index contributed by atoms with van der Waals surface area (Å²) < 4.78 is 2.13. The van der Waals surface area contributed by atoms with Crippen LogP contribution in [0, 0.1) is 5.92 Å². The number of nitrogens with one attached hydrogen (secondary N) is 1. The molecule has 0 unspecified atom stereocenters. The van der Waals surface area contributed by atoms with Crippen molar-refractivity contribution in [2.75, 3.05) is 19.6 Å². The van der Waals surface area contributed by atoms with E-state index in [2.05, 4.69) is 21.5 Å². The zero-order valence-corrected chi connectivity index (χ0v) is 13.8. The van der Waals surface area contributed by atoms with E-state index in [1.165, 1.54) is 38.0 Å². The number of carbonyl (C=O) groups is 1. The minimum absolute atomic E-state index is 0.0739. The van der Waals surface area contributed by atoms with Gasteiger partial charge in [0.2, 0.25) is 0 Å². The number of fused-ring (bicyclic) bond motifs is 2. The Labute approximate surface area is 137 Å². The van der Waals surface area contributed by atoms with Gasteiger partial charge in [0.05, 0.1) is 11.1 Å². The largest absolute Gasteiger partial charge is 0.352 e. The highest BCUT2D eigenvalue weighted by Gasteiger charge is 2.37. The second-order valence-corrected chi connectivity index (χ2v) is 6.86. The molecule has 2 fully saturated rings. The number of hydrogen-bond acceptors (Lipinski definition) is 2. The SMILES string of the molecule is CCc1cc(C(=O)NC[C@@H]2CCN3CCC[C@@H]23)c2ccccn12. The number of aryl methyl sites for hydroxylation is 1. The van der Waals surface area contributed by atoms with E-state index in [1.807, 2.05) is 30.5 Å². The van der Waals surface area contributed by atoms with Crippen LogP contribution in [0.5, 0.6) is 0 Å². The highest BCUT2D eigenvalue weighted by Crippen LogP contribution is 2.32. The Morgan fingerprint density at radius 3 is 3.09 bits per heavy atom. The Kier molecular flexibility index (Phi) is 3.85. The molecule has 1 N–H and O–H groups in total. The molecule has 4 rings (SSSR count). The molecule has 2 aromatic heterocycles. The number of pyridine rings is 1. The van der Waals surface area contributed by atoms with Gasteiger partial charge in [-0.1, -0.05) is 13.0 Å². The first kappa shape index (κ1) is 14.8. The normalized spacial score (nSPS) is 24.2. The molecular weight excluding hydrogens is 286 g/mol. The molecule has 0 bridgehead atoms.